The number of aryl methyl sites for hydroxylation is 3. The highest BCUT2D eigenvalue weighted by Gasteiger charge is 2.13. The predicted octanol–water partition coefficient (Wildman–Crippen LogP) is 5.32. The van der Waals surface area contributed by atoms with Crippen molar-refractivity contribution in [3.05, 3.63) is 45.6 Å². The third-order valence-electron chi connectivity index (χ3n) is 3.27. The van der Waals surface area contributed by atoms with Crippen molar-refractivity contribution >= 4 is 33.2 Å². The second-order valence-electron chi connectivity index (χ2n) is 4.95. The molecule has 0 saturated carbocycles. The van der Waals surface area contributed by atoms with Gasteiger partial charge in [-0.1, -0.05) is 24.6 Å². The number of ether oxygens (including phenoxy) is 1. The van der Waals surface area contributed by atoms with E-state index in [-0.39, 0.29) is 5.28 Å². The summed E-state index contributed by atoms with van der Waals surface area (Å²) in [6.07, 6.45) is 0.960. The molecule has 5 heteroatoms. The minimum Gasteiger partial charge on any atom is -0.438 e. The van der Waals surface area contributed by atoms with Crippen LogP contribution in [0.15, 0.2) is 24.3 Å². The third kappa shape index (κ3) is 2.87. The minimum absolute atomic E-state index is 0.215. The summed E-state index contributed by atoms with van der Waals surface area (Å²) in [5.41, 5.74) is 2.28. The Morgan fingerprint density at radius 2 is 2.00 bits per heavy atom. The smallest absolute Gasteiger partial charge is 0.232 e. The van der Waals surface area contributed by atoms with Crippen molar-refractivity contribution in [2.45, 2.75) is 27.2 Å². The van der Waals surface area contributed by atoms with Crippen LogP contribution in [0.25, 0.3) is 10.2 Å². The average Bonchev–Trinajstić information content (AvgIpc) is 2.85. The molecule has 0 radical (unpaired) electrons. The number of hydrogen-bond donors (Lipinski definition) is 0. The Bertz CT molecular complexity index is 813. The molecule has 2 aromatic heterocycles. The van der Waals surface area contributed by atoms with Crippen molar-refractivity contribution in [2.75, 3.05) is 0 Å². The molecule has 0 unspecified atom stereocenters. The van der Waals surface area contributed by atoms with Crippen molar-refractivity contribution in [3.63, 3.8) is 0 Å². The SMILES string of the molecule is CCc1cc2c(Oc3ccc(C)cc3C)nc(Cl)nc2s1. The Balaban J connectivity index is 2.08. The Morgan fingerprint density at radius 1 is 1.19 bits per heavy atom. The summed E-state index contributed by atoms with van der Waals surface area (Å²) in [4.78, 5) is 10.6. The maximum atomic E-state index is 6.01. The lowest BCUT2D eigenvalue weighted by Gasteiger charge is -2.09. The lowest BCUT2D eigenvalue weighted by atomic mass is 10.1. The van der Waals surface area contributed by atoms with Gasteiger partial charge in [-0.05, 0) is 49.6 Å². The van der Waals surface area contributed by atoms with E-state index in [2.05, 4.69) is 35.9 Å². The molecule has 0 atom stereocenters. The van der Waals surface area contributed by atoms with E-state index in [1.54, 1.807) is 11.3 Å². The third-order valence-corrected chi connectivity index (χ3v) is 4.61. The fourth-order valence-electron chi connectivity index (χ4n) is 2.19. The quantitative estimate of drug-likeness (QED) is 0.613. The van der Waals surface area contributed by atoms with Crippen LogP contribution in [0.5, 0.6) is 11.6 Å². The molecule has 3 nitrogen and oxygen atoms in total. The van der Waals surface area contributed by atoms with Crippen LogP contribution >= 0.6 is 22.9 Å². The molecule has 0 amide bonds. The molecule has 0 bridgehead atoms. The van der Waals surface area contributed by atoms with Gasteiger partial charge >= 0.3 is 0 Å². The van der Waals surface area contributed by atoms with Crippen LogP contribution in [0, 0.1) is 13.8 Å². The maximum Gasteiger partial charge on any atom is 0.232 e. The molecule has 0 spiro atoms. The zero-order valence-electron chi connectivity index (χ0n) is 12.1. The number of thiophene rings is 1. The highest BCUT2D eigenvalue weighted by atomic mass is 35.5. The van der Waals surface area contributed by atoms with Gasteiger partial charge in [-0.15, -0.1) is 11.3 Å². The van der Waals surface area contributed by atoms with E-state index in [0.29, 0.717) is 5.88 Å². The maximum absolute atomic E-state index is 6.01. The van der Waals surface area contributed by atoms with Gasteiger partial charge in [0.1, 0.15) is 10.6 Å². The van der Waals surface area contributed by atoms with Gasteiger partial charge in [0.25, 0.3) is 0 Å². The largest absolute Gasteiger partial charge is 0.438 e. The summed E-state index contributed by atoms with van der Waals surface area (Å²) >= 11 is 7.64. The van der Waals surface area contributed by atoms with E-state index in [1.165, 1.54) is 10.4 Å². The Kier molecular flexibility index (Phi) is 3.83. The molecule has 2 heterocycles. The van der Waals surface area contributed by atoms with Crippen LogP contribution < -0.4 is 4.74 Å². The summed E-state index contributed by atoms with van der Waals surface area (Å²) in [6, 6.07) is 8.14. The van der Waals surface area contributed by atoms with Gasteiger partial charge in [-0.2, -0.15) is 4.98 Å². The number of fused-ring (bicyclic) bond motifs is 1. The zero-order chi connectivity index (χ0) is 15.0. The number of halogens is 1. The highest BCUT2D eigenvalue weighted by molar-refractivity contribution is 7.18. The standard InChI is InChI=1S/C16H15ClN2OS/c1-4-11-8-12-14(18-16(17)19-15(12)21-11)20-13-6-5-9(2)7-10(13)3/h5-8H,4H2,1-3H3. The van der Waals surface area contributed by atoms with Crippen LogP contribution in [0.3, 0.4) is 0 Å². The zero-order valence-corrected chi connectivity index (χ0v) is 13.7. The normalized spacial score (nSPS) is 11.0. The molecule has 0 aliphatic rings. The van der Waals surface area contributed by atoms with Crippen LogP contribution in [0.4, 0.5) is 0 Å². The van der Waals surface area contributed by atoms with Crippen molar-refractivity contribution in [2.24, 2.45) is 0 Å². The number of rotatable bonds is 3. The molecule has 108 valence electrons. The van der Waals surface area contributed by atoms with Crippen LogP contribution in [-0.2, 0) is 6.42 Å². The van der Waals surface area contributed by atoms with Gasteiger partial charge in [0.2, 0.25) is 11.2 Å². The minimum atomic E-state index is 0.215. The number of benzene rings is 1. The van der Waals surface area contributed by atoms with Crippen LogP contribution in [0.1, 0.15) is 22.9 Å². The second-order valence-corrected chi connectivity index (χ2v) is 6.41. The first-order valence-corrected chi connectivity index (χ1v) is 7.97. The molecule has 0 aliphatic heterocycles. The van der Waals surface area contributed by atoms with E-state index < -0.39 is 0 Å². The van der Waals surface area contributed by atoms with E-state index in [9.17, 15) is 0 Å². The Hall–Kier alpha value is -1.65. The van der Waals surface area contributed by atoms with Gasteiger partial charge in [-0.25, -0.2) is 4.98 Å². The first kappa shape index (κ1) is 14.3. The van der Waals surface area contributed by atoms with Crippen LogP contribution in [-0.4, -0.2) is 9.97 Å². The summed E-state index contributed by atoms with van der Waals surface area (Å²) in [6.45, 7) is 6.20. The second kappa shape index (κ2) is 5.62. The first-order chi connectivity index (χ1) is 10.1. The molecular weight excluding hydrogens is 304 g/mol. The van der Waals surface area contributed by atoms with Crippen molar-refractivity contribution < 1.29 is 4.74 Å². The summed E-state index contributed by atoms with van der Waals surface area (Å²) in [7, 11) is 0. The fourth-order valence-corrected chi connectivity index (χ4v) is 3.36. The predicted molar refractivity (Wildman–Crippen MR) is 87.8 cm³/mol. The molecule has 3 rings (SSSR count). The number of nitrogens with zero attached hydrogens (tertiary/aromatic N) is 2. The number of hydrogen-bond acceptors (Lipinski definition) is 4. The summed E-state index contributed by atoms with van der Waals surface area (Å²) < 4.78 is 5.99. The lowest BCUT2D eigenvalue weighted by Crippen LogP contribution is -1.93. The van der Waals surface area contributed by atoms with Gasteiger partial charge in [0, 0.05) is 4.88 Å². The van der Waals surface area contributed by atoms with Crippen molar-refractivity contribution in [1.29, 1.82) is 0 Å². The molecule has 0 aliphatic carbocycles. The number of aromatic nitrogens is 2. The molecule has 3 aromatic rings. The van der Waals surface area contributed by atoms with Gasteiger partial charge < -0.3 is 4.74 Å². The molecule has 0 saturated heterocycles. The summed E-state index contributed by atoms with van der Waals surface area (Å²) in [5, 5.41) is 1.13. The highest BCUT2D eigenvalue weighted by Crippen LogP contribution is 2.35. The molecule has 21 heavy (non-hydrogen) atoms. The van der Waals surface area contributed by atoms with Crippen molar-refractivity contribution in [3.8, 4) is 11.6 Å². The molecule has 1 aromatic carbocycles. The van der Waals surface area contributed by atoms with E-state index in [4.69, 9.17) is 16.3 Å². The summed E-state index contributed by atoms with van der Waals surface area (Å²) in [5.74, 6) is 1.31. The van der Waals surface area contributed by atoms with Crippen LogP contribution in [0.2, 0.25) is 5.28 Å². The first-order valence-electron chi connectivity index (χ1n) is 6.78. The molecule has 0 N–H and O–H groups in total. The monoisotopic (exact) mass is 318 g/mol. The lowest BCUT2D eigenvalue weighted by molar-refractivity contribution is 0.465. The Labute approximate surface area is 132 Å². The van der Waals surface area contributed by atoms with E-state index in [0.717, 1.165) is 28.0 Å². The van der Waals surface area contributed by atoms with Gasteiger partial charge in [0.05, 0.1) is 5.39 Å². The molecular formula is C16H15ClN2OS. The van der Waals surface area contributed by atoms with E-state index in [1.807, 2.05) is 19.1 Å². The Morgan fingerprint density at radius 3 is 2.71 bits per heavy atom. The molecule has 0 fully saturated rings. The fraction of sp³-hybridized carbons (Fsp3) is 0.250. The van der Waals surface area contributed by atoms with Gasteiger partial charge in [-0.3, -0.25) is 0 Å². The average molecular weight is 319 g/mol. The topological polar surface area (TPSA) is 35.0 Å². The van der Waals surface area contributed by atoms with E-state index >= 15 is 0 Å². The van der Waals surface area contributed by atoms with Gasteiger partial charge in [0.15, 0.2) is 0 Å². The van der Waals surface area contributed by atoms with Crippen molar-refractivity contribution in [1.82, 2.24) is 9.97 Å².